The quantitative estimate of drug-likeness (QED) is 0.625. The molecule has 0 aromatic rings. The third-order valence-corrected chi connectivity index (χ3v) is 2.40. The molecule has 2 unspecified atom stereocenters. The summed E-state index contributed by atoms with van der Waals surface area (Å²) in [4.78, 5) is 11.8. The Morgan fingerprint density at radius 1 is 1.23 bits per heavy atom. The van der Waals surface area contributed by atoms with Gasteiger partial charge in [0, 0.05) is 24.5 Å². The topological polar surface area (TPSA) is 41.1 Å². The molecular weight excluding hydrogens is 164 g/mol. The molecule has 0 aromatic carbocycles. The molecule has 0 spiro atoms. The maximum Gasteiger partial charge on any atom is 0.156 e. The van der Waals surface area contributed by atoms with Gasteiger partial charge in [0.1, 0.15) is 0 Å². The third kappa shape index (κ3) is 2.78. The van der Waals surface area contributed by atoms with Gasteiger partial charge in [-0.2, -0.15) is 0 Å². The highest BCUT2D eigenvalue weighted by molar-refractivity contribution is 5.89. The van der Waals surface area contributed by atoms with Crippen molar-refractivity contribution in [3.63, 3.8) is 0 Å². The lowest BCUT2D eigenvalue weighted by Crippen LogP contribution is -2.58. The summed E-state index contributed by atoms with van der Waals surface area (Å²) in [7, 11) is 0. The molecule has 3 heteroatoms. The van der Waals surface area contributed by atoms with E-state index in [0.717, 1.165) is 13.1 Å². The molecule has 0 saturated carbocycles. The smallest absolute Gasteiger partial charge is 0.156 e. The predicted octanol–water partition coefficient (Wildman–Crippen LogP) is 0.551. The zero-order valence-corrected chi connectivity index (χ0v) is 8.98. The fourth-order valence-electron chi connectivity index (χ4n) is 1.49. The fourth-order valence-corrected chi connectivity index (χ4v) is 1.49. The summed E-state index contributed by atoms with van der Waals surface area (Å²) < 4.78 is 0. The van der Waals surface area contributed by atoms with Crippen molar-refractivity contribution in [1.29, 1.82) is 0 Å². The normalized spacial score (nSPS) is 30.2. The Bertz CT molecular complexity index is 188. The van der Waals surface area contributed by atoms with E-state index in [2.05, 4.69) is 17.6 Å². The molecule has 76 valence electrons. The second kappa shape index (κ2) is 3.76. The van der Waals surface area contributed by atoms with Gasteiger partial charge in [0.15, 0.2) is 5.78 Å². The van der Waals surface area contributed by atoms with Crippen LogP contribution < -0.4 is 10.6 Å². The highest BCUT2D eigenvalue weighted by atomic mass is 16.1. The van der Waals surface area contributed by atoms with Gasteiger partial charge in [0.05, 0.1) is 6.04 Å². The second-order valence-electron chi connectivity index (χ2n) is 4.88. The van der Waals surface area contributed by atoms with Crippen molar-refractivity contribution >= 4 is 5.78 Å². The molecule has 1 fully saturated rings. The lowest BCUT2D eigenvalue weighted by Gasteiger charge is -2.32. The van der Waals surface area contributed by atoms with Crippen LogP contribution in [0.1, 0.15) is 27.7 Å². The van der Waals surface area contributed by atoms with Crippen LogP contribution in [0.2, 0.25) is 0 Å². The maximum atomic E-state index is 11.8. The summed E-state index contributed by atoms with van der Waals surface area (Å²) in [5.74, 6) is 0.298. The Morgan fingerprint density at radius 2 is 1.85 bits per heavy atom. The summed E-state index contributed by atoms with van der Waals surface area (Å²) in [5, 5.41) is 6.56. The Hall–Kier alpha value is -0.410. The van der Waals surface area contributed by atoms with Gasteiger partial charge < -0.3 is 10.6 Å². The van der Waals surface area contributed by atoms with Crippen LogP contribution in [0.5, 0.6) is 0 Å². The third-order valence-electron chi connectivity index (χ3n) is 2.40. The van der Waals surface area contributed by atoms with Crippen molar-refractivity contribution in [3.05, 3.63) is 0 Å². The van der Waals surface area contributed by atoms with Gasteiger partial charge in [-0.05, 0) is 6.92 Å². The Morgan fingerprint density at radius 3 is 2.23 bits per heavy atom. The van der Waals surface area contributed by atoms with Gasteiger partial charge >= 0.3 is 0 Å². The lowest BCUT2D eigenvalue weighted by molar-refractivity contribution is -0.128. The fraction of sp³-hybridized carbons (Fsp3) is 0.900. The van der Waals surface area contributed by atoms with Gasteiger partial charge in [-0.25, -0.2) is 0 Å². The van der Waals surface area contributed by atoms with E-state index < -0.39 is 0 Å². The first-order valence-electron chi connectivity index (χ1n) is 4.92. The lowest BCUT2D eigenvalue weighted by atomic mass is 9.85. The standard InChI is InChI=1S/C10H20N2O/c1-7-5-12-8(6-11-7)9(13)10(2,3)4/h7-8,11-12H,5-6H2,1-4H3. The molecule has 3 nitrogen and oxygen atoms in total. The van der Waals surface area contributed by atoms with Crippen molar-refractivity contribution in [2.45, 2.75) is 39.8 Å². The number of Topliss-reactive ketones (excluding diaryl/α,β-unsaturated/α-hetero) is 1. The van der Waals surface area contributed by atoms with E-state index in [4.69, 9.17) is 0 Å². The second-order valence-corrected chi connectivity index (χ2v) is 4.88. The zero-order valence-electron chi connectivity index (χ0n) is 8.98. The Balaban J connectivity index is 2.50. The molecule has 1 heterocycles. The van der Waals surface area contributed by atoms with Crippen molar-refractivity contribution < 1.29 is 4.79 Å². The predicted molar refractivity (Wildman–Crippen MR) is 53.7 cm³/mol. The van der Waals surface area contributed by atoms with E-state index in [1.54, 1.807) is 0 Å². The molecule has 1 aliphatic rings. The van der Waals surface area contributed by atoms with Gasteiger partial charge in [-0.1, -0.05) is 20.8 Å². The van der Waals surface area contributed by atoms with E-state index in [-0.39, 0.29) is 11.5 Å². The summed E-state index contributed by atoms with van der Waals surface area (Å²) in [6, 6.07) is 0.472. The largest absolute Gasteiger partial charge is 0.311 e. The van der Waals surface area contributed by atoms with E-state index in [0.29, 0.717) is 11.8 Å². The number of rotatable bonds is 1. The monoisotopic (exact) mass is 184 g/mol. The van der Waals surface area contributed by atoms with Crippen LogP contribution in [0.15, 0.2) is 0 Å². The zero-order chi connectivity index (χ0) is 10.1. The number of hydrogen-bond donors (Lipinski definition) is 2. The summed E-state index contributed by atoms with van der Waals surface area (Å²) in [6.45, 7) is 9.66. The van der Waals surface area contributed by atoms with E-state index in [9.17, 15) is 4.79 Å². The first-order valence-corrected chi connectivity index (χ1v) is 4.92. The average molecular weight is 184 g/mol. The number of hydrogen-bond acceptors (Lipinski definition) is 3. The van der Waals surface area contributed by atoms with E-state index >= 15 is 0 Å². The van der Waals surface area contributed by atoms with Crippen LogP contribution in [-0.4, -0.2) is 31.0 Å². The van der Waals surface area contributed by atoms with Crippen LogP contribution in [0.4, 0.5) is 0 Å². The molecule has 1 aliphatic heterocycles. The number of carbonyl (C=O) groups is 1. The highest BCUT2D eigenvalue weighted by Gasteiger charge is 2.31. The van der Waals surface area contributed by atoms with Crippen LogP contribution >= 0.6 is 0 Å². The molecule has 0 amide bonds. The molecule has 13 heavy (non-hydrogen) atoms. The molecule has 0 bridgehead atoms. The van der Waals surface area contributed by atoms with Crippen LogP contribution in [0, 0.1) is 5.41 Å². The highest BCUT2D eigenvalue weighted by Crippen LogP contribution is 2.17. The van der Waals surface area contributed by atoms with Crippen molar-refractivity contribution in [1.82, 2.24) is 10.6 Å². The first-order chi connectivity index (χ1) is 5.91. The van der Waals surface area contributed by atoms with Gasteiger partial charge in [0.2, 0.25) is 0 Å². The average Bonchev–Trinajstić information content (AvgIpc) is 2.03. The molecule has 0 radical (unpaired) electrons. The van der Waals surface area contributed by atoms with Crippen LogP contribution in [0.25, 0.3) is 0 Å². The molecule has 2 N–H and O–H groups in total. The summed E-state index contributed by atoms with van der Waals surface area (Å²) in [5.41, 5.74) is -0.236. The van der Waals surface area contributed by atoms with Gasteiger partial charge in [-0.3, -0.25) is 4.79 Å². The Kier molecular flexibility index (Phi) is 3.09. The molecule has 0 aromatic heterocycles. The molecule has 1 rings (SSSR count). The Labute approximate surface area is 80.3 Å². The number of carbonyl (C=O) groups excluding carboxylic acids is 1. The number of ketones is 1. The van der Waals surface area contributed by atoms with E-state index in [1.165, 1.54) is 0 Å². The molecule has 2 atom stereocenters. The van der Waals surface area contributed by atoms with Crippen molar-refractivity contribution in [3.8, 4) is 0 Å². The number of piperazine rings is 1. The minimum absolute atomic E-state index is 0.00352. The number of nitrogens with one attached hydrogen (secondary N) is 2. The van der Waals surface area contributed by atoms with E-state index in [1.807, 2.05) is 20.8 Å². The van der Waals surface area contributed by atoms with Crippen molar-refractivity contribution in [2.75, 3.05) is 13.1 Å². The molecule has 1 saturated heterocycles. The van der Waals surface area contributed by atoms with Crippen molar-refractivity contribution in [2.24, 2.45) is 5.41 Å². The maximum absolute atomic E-state index is 11.8. The van der Waals surface area contributed by atoms with Crippen LogP contribution in [0.3, 0.4) is 0 Å². The minimum Gasteiger partial charge on any atom is -0.311 e. The van der Waals surface area contributed by atoms with Crippen LogP contribution in [-0.2, 0) is 4.79 Å². The minimum atomic E-state index is -0.236. The van der Waals surface area contributed by atoms with Gasteiger partial charge in [0.25, 0.3) is 0 Å². The molecular formula is C10H20N2O. The summed E-state index contributed by atoms with van der Waals surface area (Å²) in [6.07, 6.45) is 0. The SMILES string of the molecule is CC1CNC(C(=O)C(C)(C)C)CN1. The van der Waals surface area contributed by atoms with Gasteiger partial charge in [-0.15, -0.1) is 0 Å². The first kappa shape index (κ1) is 10.7. The summed E-state index contributed by atoms with van der Waals surface area (Å²) >= 11 is 0. The molecule has 0 aliphatic carbocycles.